The largest absolute Gasteiger partial charge is 0.337 e. The zero-order chi connectivity index (χ0) is 14.7. The average molecular weight is 322 g/mol. The third kappa shape index (κ3) is 3.45. The molecule has 3 rings (SSSR count). The lowest BCUT2D eigenvalue weighted by molar-refractivity contribution is 0.0781. The Morgan fingerprint density at radius 3 is 2.86 bits per heavy atom. The Morgan fingerprint density at radius 2 is 2.14 bits per heavy atom. The van der Waals surface area contributed by atoms with Gasteiger partial charge in [0.25, 0.3) is 5.91 Å². The van der Waals surface area contributed by atoms with Crippen molar-refractivity contribution < 1.29 is 4.79 Å². The van der Waals surface area contributed by atoms with Crippen molar-refractivity contribution in [1.29, 1.82) is 0 Å². The molecule has 6 nitrogen and oxygen atoms in total. The number of halogens is 1. The molecule has 0 bridgehead atoms. The summed E-state index contributed by atoms with van der Waals surface area (Å²) in [7, 11) is 1.94. The number of carbonyl (C=O) groups is 1. The number of para-hydroxylation sites is 1. The van der Waals surface area contributed by atoms with E-state index in [1.54, 1.807) is 10.9 Å². The molecular formula is C15H20ClN5O. The summed E-state index contributed by atoms with van der Waals surface area (Å²) in [6, 6.07) is 9.67. The minimum absolute atomic E-state index is 0. The van der Waals surface area contributed by atoms with Gasteiger partial charge in [0, 0.05) is 13.1 Å². The summed E-state index contributed by atoms with van der Waals surface area (Å²) >= 11 is 0. The number of nitrogens with one attached hydrogen (secondary N) is 1. The molecule has 1 unspecified atom stereocenters. The van der Waals surface area contributed by atoms with Crippen LogP contribution in [0.2, 0.25) is 0 Å². The Morgan fingerprint density at radius 1 is 1.36 bits per heavy atom. The molecule has 118 valence electrons. The second-order valence-electron chi connectivity index (χ2n) is 5.35. The van der Waals surface area contributed by atoms with Crippen molar-refractivity contribution in [2.24, 2.45) is 5.92 Å². The first-order chi connectivity index (χ1) is 10.3. The Labute approximate surface area is 135 Å². The van der Waals surface area contributed by atoms with Crippen molar-refractivity contribution in [1.82, 2.24) is 25.2 Å². The first-order valence-corrected chi connectivity index (χ1v) is 7.19. The maximum absolute atomic E-state index is 12.4. The van der Waals surface area contributed by atoms with Crippen LogP contribution in [-0.4, -0.2) is 52.5 Å². The van der Waals surface area contributed by atoms with Gasteiger partial charge in [0.2, 0.25) is 0 Å². The molecule has 0 spiro atoms. The monoisotopic (exact) mass is 321 g/mol. The van der Waals surface area contributed by atoms with E-state index >= 15 is 0 Å². The summed E-state index contributed by atoms with van der Waals surface area (Å²) < 4.78 is 1.63. The van der Waals surface area contributed by atoms with Crippen molar-refractivity contribution >= 4 is 18.3 Å². The summed E-state index contributed by atoms with van der Waals surface area (Å²) in [6.07, 6.45) is 2.74. The number of aromatic nitrogens is 3. The van der Waals surface area contributed by atoms with Crippen molar-refractivity contribution in [2.75, 3.05) is 26.7 Å². The Balaban J connectivity index is 0.00000176. The van der Waals surface area contributed by atoms with Gasteiger partial charge in [0.1, 0.15) is 0 Å². The van der Waals surface area contributed by atoms with E-state index in [0.717, 1.165) is 31.7 Å². The third-order valence-electron chi connectivity index (χ3n) is 3.80. The Kier molecular flexibility index (Phi) is 5.51. The zero-order valence-corrected chi connectivity index (χ0v) is 13.3. The molecule has 1 amide bonds. The Bertz CT molecular complexity index is 615. The molecule has 1 aromatic heterocycles. The topological polar surface area (TPSA) is 63.1 Å². The van der Waals surface area contributed by atoms with Gasteiger partial charge in [-0.2, -0.15) is 0 Å². The van der Waals surface area contributed by atoms with Gasteiger partial charge >= 0.3 is 0 Å². The van der Waals surface area contributed by atoms with Gasteiger partial charge in [0.05, 0.1) is 11.9 Å². The second kappa shape index (κ2) is 7.38. The van der Waals surface area contributed by atoms with Crippen LogP contribution >= 0.6 is 12.4 Å². The normalized spacial score (nSPS) is 17.3. The lowest BCUT2D eigenvalue weighted by Gasteiger charge is -2.14. The zero-order valence-electron chi connectivity index (χ0n) is 12.5. The smallest absolute Gasteiger partial charge is 0.276 e. The fraction of sp³-hybridized carbons (Fsp3) is 0.400. The van der Waals surface area contributed by atoms with Gasteiger partial charge in [-0.15, -0.1) is 17.5 Å². The standard InChI is InChI=1S/C15H19N5O.ClH/c1-16-9-12-7-8-19(10-12)15(21)14-11-20(18-17-14)13-5-3-2-4-6-13;/h2-6,11-12,16H,7-10H2,1H3;1H. The predicted octanol–water partition coefficient (Wildman–Crippen LogP) is 1.37. The number of benzene rings is 1. The number of hydrogen-bond acceptors (Lipinski definition) is 4. The van der Waals surface area contributed by atoms with Crippen LogP contribution in [-0.2, 0) is 0 Å². The van der Waals surface area contributed by atoms with E-state index in [2.05, 4.69) is 15.6 Å². The van der Waals surface area contributed by atoms with Gasteiger partial charge < -0.3 is 10.2 Å². The molecule has 1 fully saturated rings. The van der Waals surface area contributed by atoms with E-state index in [1.807, 2.05) is 42.3 Å². The molecule has 2 aromatic rings. The molecule has 0 aliphatic carbocycles. The second-order valence-corrected chi connectivity index (χ2v) is 5.35. The maximum atomic E-state index is 12.4. The molecular weight excluding hydrogens is 302 g/mol. The third-order valence-corrected chi connectivity index (χ3v) is 3.80. The molecule has 1 saturated heterocycles. The van der Waals surface area contributed by atoms with Gasteiger partial charge in [-0.05, 0) is 38.1 Å². The number of likely N-dealkylation sites (tertiary alicyclic amines) is 1. The molecule has 0 saturated carbocycles. The number of nitrogens with zero attached hydrogens (tertiary/aromatic N) is 4. The number of amides is 1. The van der Waals surface area contributed by atoms with Crippen molar-refractivity contribution in [3.05, 3.63) is 42.2 Å². The summed E-state index contributed by atoms with van der Waals surface area (Å²) in [5.74, 6) is 0.499. The highest BCUT2D eigenvalue weighted by atomic mass is 35.5. The fourth-order valence-corrected chi connectivity index (χ4v) is 2.70. The van der Waals surface area contributed by atoms with Crippen LogP contribution in [0, 0.1) is 5.92 Å². The van der Waals surface area contributed by atoms with Crippen LogP contribution in [0.4, 0.5) is 0 Å². The van der Waals surface area contributed by atoms with E-state index in [1.165, 1.54) is 0 Å². The molecule has 1 aliphatic heterocycles. The SMILES string of the molecule is CNCC1CCN(C(=O)c2cn(-c3ccccc3)nn2)C1.Cl. The lowest BCUT2D eigenvalue weighted by Crippen LogP contribution is -2.30. The van der Waals surface area contributed by atoms with E-state index in [9.17, 15) is 4.79 Å². The van der Waals surface area contributed by atoms with Crippen LogP contribution in [0.3, 0.4) is 0 Å². The van der Waals surface area contributed by atoms with Crippen LogP contribution in [0.5, 0.6) is 0 Å². The first kappa shape index (κ1) is 16.5. The quantitative estimate of drug-likeness (QED) is 0.924. The number of rotatable bonds is 4. The minimum atomic E-state index is -0.0317. The Hall–Kier alpha value is -1.92. The first-order valence-electron chi connectivity index (χ1n) is 7.19. The van der Waals surface area contributed by atoms with E-state index in [0.29, 0.717) is 11.6 Å². The van der Waals surface area contributed by atoms with Crippen LogP contribution in [0.1, 0.15) is 16.9 Å². The van der Waals surface area contributed by atoms with Gasteiger partial charge in [0.15, 0.2) is 5.69 Å². The molecule has 1 N–H and O–H groups in total. The van der Waals surface area contributed by atoms with Crippen LogP contribution in [0.15, 0.2) is 36.5 Å². The fourth-order valence-electron chi connectivity index (χ4n) is 2.70. The number of carbonyl (C=O) groups excluding carboxylic acids is 1. The van der Waals surface area contributed by atoms with Crippen LogP contribution < -0.4 is 5.32 Å². The highest BCUT2D eigenvalue weighted by Crippen LogP contribution is 2.17. The van der Waals surface area contributed by atoms with Crippen molar-refractivity contribution in [3.8, 4) is 5.69 Å². The molecule has 1 atom stereocenters. The summed E-state index contributed by atoms with van der Waals surface area (Å²) in [5.41, 5.74) is 1.31. The van der Waals surface area contributed by atoms with Gasteiger partial charge in [-0.3, -0.25) is 4.79 Å². The summed E-state index contributed by atoms with van der Waals surface area (Å²) in [4.78, 5) is 14.3. The molecule has 0 radical (unpaired) electrons. The van der Waals surface area contributed by atoms with E-state index in [-0.39, 0.29) is 18.3 Å². The van der Waals surface area contributed by atoms with Gasteiger partial charge in [-0.25, -0.2) is 4.68 Å². The predicted molar refractivity (Wildman–Crippen MR) is 86.5 cm³/mol. The molecule has 7 heteroatoms. The average Bonchev–Trinajstić information content (AvgIpc) is 3.17. The van der Waals surface area contributed by atoms with E-state index in [4.69, 9.17) is 0 Å². The lowest BCUT2D eigenvalue weighted by atomic mass is 10.1. The van der Waals surface area contributed by atoms with Crippen molar-refractivity contribution in [3.63, 3.8) is 0 Å². The summed E-state index contributed by atoms with van der Waals surface area (Å²) in [5, 5.41) is 11.2. The summed E-state index contributed by atoms with van der Waals surface area (Å²) in [6.45, 7) is 2.53. The highest BCUT2D eigenvalue weighted by molar-refractivity contribution is 5.92. The number of hydrogen-bond donors (Lipinski definition) is 1. The highest BCUT2D eigenvalue weighted by Gasteiger charge is 2.28. The van der Waals surface area contributed by atoms with Crippen LogP contribution in [0.25, 0.3) is 5.69 Å². The maximum Gasteiger partial charge on any atom is 0.276 e. The van der Waals surface area contributed by atoms with E-state index < -0.39 is 0 Å². The molecule has 2 heterocycles. The molecule has 1 aliphatic rings. The van der Waals surface area contributed by atoms with Gasteiger partial charge in [-0.1, -0.05) is 23.4 Å². The van der Waals surface area contributed by atoms with Crippen molar-refractivity contribution in [2.45, 2.75) is 6.42 Å². The minimum Gasteiger partial charge on any atom is -0.337 e. The molecule has 22 heavy (non-hydrogen) atoms. The molecule has 1 aromatic carbocycles.